The fourth-order valence-corrected chi connectivity index (χ4v) is 2.87. The Morgan fingerprint density at radius 1 is 1.21 bits per heavy atom. The molecule has 0 aromatic carbocycles. The third kappa shape index (κ3) is 1.86. The number of nitrogens with one attached hydrogen (secondary N) is 1. The molecule has 0 aliphatic heterocycles. The normalized spacial score (nSPS) is 35.4. The van der Waals surface area contributed by atoms with E-state index < -0.39 is 0 Å². The summed E-state index contributed by atoms with van der Waals surface area (Å²) in [4.78, 5) is 13.1. The summed E-state index contributed by atoms with van der Waals surface area (Å²) in [5.74, 6) is 1.73. The summed E-state index contributed by atoms with van der Waals surface area (Å²) in [5, 5.41) is 3.13. The van der Waals surface area contributed by atoms with Gasteiger partial charge in [0.05, 0.1) is 0 Å². The van der Waals surface area contributed by atoms with Crippen molar-refractivity contribution in [3.8, 4) is 0 Å². The van der Waals surface area contributed by atoms with Crippen molar-refractivity contribution in [1.82, 2.24) is 10.2 Å². The van der Waals surface area contributed by atoms with Gasteiger partial charge in [-0.2, -0.15) is 0 Å². The van der Waals surface area contributed by atoms with Crippen LogP contribution >= 0.6 is 0 Å². The minimum Gasteiger partial charge on any atom is -0.335 e. The minimum absolute atomic E-state index is 0.0698. The van der Waals surface area contributed by atoms with E-state index in [1.54, 1.807) is 19.0 Å². The first kappa shape index (κ1) is 9.81. The van der Waals surface area contributed by atoms with E-state index in [4.69, 9.17) is 0 Å². The lowest BCUT2D eigenvalue weighted by molar-refractivity contribution is 0.198. The predicted molar refractivity (Wildman–Crippen MR) is 56.1 cm³/mol. The lowest BCUT2D eigenvalue weighted by atomic mass is 9.85. The van der Waals surface area contributed by atoms with Crippen molar-refractivity contribution in [3.05, 3.63) is 0 Å². The molecule has 3 nitrogen and oxygen atoms in total. The van der Waals surface area contributed by atoms with Crippen molar-refractivity contribution in [2.75, 3.05) is 14.1 Å². The van der Waals surface area contributed by atoms with Crippen LogP contribution < -0.4 is 5.32 Å². The number of hydrogen-bond acceptors (Lipinski definition) is 1. The number of amides is 2. The van der Waals surface area contributed by atoms with Crippen molar-refractivity contribution in [2.24, 2.45) is 11.8 Å². The van der Waals surface area contributed by atoms with E-state index in [9.17, 15) is 4.79 Å². The van der Waals surface area contributed by atoms with Gasteiger partial charge in [0.2, 0.25) is 0 Å². The average molecular weight is 196 g/mol. The molecule has 1 N–H and O–H groups in total. The second-order valence-electron chi connectivity index (χ2n) is 4.97. The summed E-state index contributed by atoms with van der Waals surface area (Å²) >= 11 is 0. The number of carbonyl (C=O) groups excluding carboxylic acids is 1. The molecular weight excluding hydrogens is 176 g/mol. The fraction of sp³-hybridized carbons (Fsp3) is 0.909. The molecular formula is C11H20N2O. The molecule has 0 aromatic heterocycles. The Labute approximate surface area is 85.8 Å². The third-order valence-electron chi connectivity index (χ3n) is 3.75. The van der Waals surface area contributed by atoms with Gasteiger partial charge in [0, 0.05) is 20.1 Å². The maximum atomic E-state index is 11.5. The highest BCUT2D eigenvalue weighted by atomic mass is 16.2. The maximum absolute atomic E-state index is 11.5. The number of nitrogens with zero attached hydrogens (tertiary/aromatic N) is 1. The van der Waals surface area contributed by atoms with E-state index >= 15 is 0 Å². The van der Waals surface area contributed by atoms with Crippen LogP contribution in [0.2, 0.25) is 0 Å². The summed E-state index contributed by atoms with van der Waals surface area (Å²) in [6.07, 6.45) is 6.56. The van der Waals surface area contributed by atoms with Gasteiger partial charge in [0.15, 0.2) is 0 Å². The van der Waals surface area contributed by atoms with Crippen LogP contribution in [0.25, 0.3) is 0 Å². The number of urea groups is 1. The average Bonchev–Trinajstić information content (AvgIpc) is 2.53. The van der Waals surface area contributed by atoms with Crippen LogP contribution in [0.1, 0.15) is 32.1 Å². The van der Waals surface area contributed by atoms with Crippen molar-refractivity contribution < 1.29 is 4.79 Å². The van der Waals surface area contributed by atoms with Crippen LogP contribution in [-0.4, -0.2) is 31.1 Å². The summed E-state index contributed by atoms with van der Waals surface area (Å²) in [6.45, 7) is 0. The number of rotatable bonds is 1. The van der Waals surface area contributed by atoms with Crippen molar-refractivity contribution >= 4 is 6.03 Å². The molecule has 3 heteroatoms. The molecule has 3 unspecified atom stereocenters. The highest BCUT2D eigenvalue weighted by Crippen LogP contribution is 2.41. The van der Waals surface area contributed by atoms with Crippen LogP contribution in [0.5, 0.6) is 0 Å². The molecule has 2 fully saturated rings. The minimum atomic E-state index is 0.0698. The number of carbonyl (C=O) groups is 1. The molecule has 0 radical (unpaired) electrons. The quantitative estimate of drug-likeness (QED) is 0.682. The van der Waals surface area contributed by atoms with E-state index in [0.717, 1.165) is 11.8 Å². The molecule has 2 rings (SSSR count). The monoisotopic (exact) mass is 196 g/mol. The van der Waals surface area contributed by atoms with Gasteiger partial charge in [-0.15, -0.1) is 0 Å². The number of fused-ring (bicyclic) bond motifs is 2. The first-order valence-electron chi connectivity index (χ1n) is 5.64. The molecule has 2 saturated carbocycles. The van der Waals surface area contributed by atoms with E-state index in [2.05, 4.69) is 5.32 Å². The molecule has 0 spiro atoms. The van der Waals surface area contributed by atoms with Gasteiger partial charge in [0.25, 0.3) is 0 Å². The highest BCUT2D eigenvalue weighted by molar-refractivity contribution is 5.73. The first-order valence-corrected chi connectivity index (χ1v) is 5.64. The van der Waals surface area contributed by atoms with Crippen LogP contribution in [0.15, 0.2) is 0 Å². The lowest BCUT2D eigenvalue weighted by Crippen LogP contribution is -2.45. The zero-order valence-corrected chi connectivity index (χ0v) is 9.12. The lowest BCUT2D eigenvalue weighted by Gasteiger charge is -2.30. The van der Waals surface area contributed by atoms with Crippen molar-refractivity contribution in [2.45, 2.75) is 38.1 Å². The molecule has 3 atom stereocenters. The van der Waals surface area contributed by atoms with Crippen LogP contribution in [-0.2, 0) is 0 Å². The first-order chi connectivity index (χ1) is 6.66. The summed E-state index contributed by atoms with van der Waals surface area (Å²) in [7, 11) is 3.60. The zero-order valence-electron chi connectivity index (χ0n) is 9.12. The highest BCUT2D eigenvalue weighted by Gasteiger charge is 2.36. The van der Waals surface area contributed by atoms with E-state index in [1.165, 1.54) is 32.1 Å². The molecule has 0 saturated heterocycles. The topological polar surface area (TPSA) is 32.3 Å². The molecule has 14 heavy (non-hydrogen) atoms. The second kappa shape index (κ2) is 3.79. The molecule has 2 amide bonds. The third-order valence-corrected chi connectivity index (χ3v) is 3.75. The zero-order chi connectivity index (χ0) is 10.1. The van der Waals surface area contributed by atoms with Crippen molar-refractivity contribution in [1.29, 1.82) is 0 Å². The molecule has 2 bridgehead atoms. The Morgan fingerprint density at radius 3 is 2.64 bits per heavy atom. The number of hydrogen-bond donors (Lipinski definition) is 1. The van der Waals surface area contributed by atoms with Gasteiger partial charge in [0.1, 0.15) is 0 Å². The van der Waals surface area contributed by atoms with Crippen LogP contribution in [0.3, 0.4) is 0 Å². The molecule has 0 aromatic rings. The Bertz CT molecular complexity index is 227. The summed E-state index contributed by atoms with van der Waals surface area (Å²) < 4.78 is 0. The molecule has 0 heterocycles. The molecule has 2 aliphatic rings. The Kier molecular flexibility index (Phi) is 2.66. The predicted octanol–water partition coefficient (Wildman–Crippen LogP) is 1.84. The standard InChI is InChI=1S/C11H20N2O/c1-13(2)11(14)12-10-6-4-8-3-5-9(10)7-8/h8-10H,3-7H2,1-2H3,(H,12,14). The van der Waals surface area contributed by atoms with Gasteiger partial charge in [-0.25, -0.2) is 4.79 Å². The van der Waals surface area contributed by atoms with Gasteiger partial charge in [-0.05, 0) is 37.5 Å². The van der Waals surface area contributed by atoms with E-state index in [1.807, 2.05) is 0 Å². The van der Waals surface area contributed by atoms with Gasteiger partial charge >= 0.3 is 6.03 Å². The van der Waals surface area contributed by atoms with E-state index in [0.29, 0.717) is 6.04 Å². The van der Waals surface area contributed by atoms with Gasteiger partial charge < -0.3 is 10.2 Å². The van der Waals surface area contributed by atoms with Gasteiger partial charge in [-0.3, -0.25) is 0 Å². The SMILES string of the molecule is CN(C)C(=O)NC1CCC2CCC1C2. The van der Waals surface area contributed by atoms with Crippen molar-refractivity contribution in [3.63, 3.8) is 0 Å². The molecule has 80 valence electrons. The largest absolute Gasteiger partial charge is 0.335 e. The Morgan fingerprint density at radius 2 is 1.93 bits per heavy atom. The Hall–Kier alpha value is -0.730. The smallest absolute Gasteiger partial charge is 0.317 e. The van der Waals surface area contributed by atoms with Crippen LogP contribution in [0, 0.1) is 11.8 Å². The summed E-state index contributed by atoms with van der Waals surface area (Å²) in [5.41, 5.74) is 0. The van der Waals surface area contributed by atoms with Gasteiger partial charge in [-0.1, -0.05) is 6.42 Å². The van der Waals surface area contributed by atoms with Crippen LogP contribution in [0.4, 0.5) is 4.79 Å². The fourth-order valence-electron chi connectivity index (χ4n) is 2.87. The van der Waals surface area contributed by atoms with E-state index in [-0.39, 0.29) is 6.03 Å². The summed E-state index contributed by atoms with van der Waals surface area (Å²) in [6, 6.07) is 0.518. The second-order valence-corrected chi connectivity index (χ2v) is 4.97. The molecule has 2 aliphatic carbocycles. The Balaban J connectivity index is 1.89. The maximum Gasteiger partial charge on any atom is 0.317 e.